The number of amides is 3. The number of rotatable bonds is 16. The molecule has 4 aliphatic rings. The third-order valence-corrected chi connectivity index (χ3v) is 10.6. The summed E-state index contributed by atoms with van der Waals surface area (Å²) in [6, 6.07) is 6.76. The highest BCUT2D eigenvalue weighted by Crippen LogP contribution is 2.59. The molecule has 1 aliphatic carbocycles. The average molecular weight is 666 g/mol. The zero-order valence-electron chi connectivity index (χ0n) is 28.3. The lowest BCUT2D eigenvalue weighted by Crippen LogP contribution is -2.60. The minimum Gasteiger partial charge on any atom is -0.455 e. The first-order valence-electron chi connectivity index (χ1n) is 17.4. The number of esters is 1. The third-order valence-electron chi connectivity index (χ3n) is 10.6. The molecule has 5 rings (SSSR count). The number of nitrogens with one attached hydrogen (secondary N) is 1. The Balaban J connectivity index is 1.47. The number of likely N-dealkylation sites (tertiary alicyclic amines) is 1. The maximum Gasteiger partial charge on any atom is 0.313 e. The molecule has 3 heterocycles. The summed E-state index contributed by atoms with van der Waals surface area (Å²) < 4.78 is 18.4. The van der Waals surface area contributed by atoms with Crippen molar-refractivity contribution in [1.29, 1.82) is 0 Å². The maximum absolute atomic E-state index is 14.7. The molecular formula is C37H51N3O8. The molecule has 11 heteroatoms. The molecule has 3 amide bonds. The second-order valence-electron chi connectivity index (χ2n) is 13.6. The van der Waals surface area contributed by atoms with E-state index in [-0.39, 0.29) is 43.4 Å². The Morgan fingerprint density at radius 2 is 1.88 bits per heavy atom. The molecule has 1 aromatic rings. The highest BCUT2D eigenvalue weighted by Gasteiger charge is 2.75. The van der Waals surface area contributed by atoms with Gasteiger partial charge in [-0.1, -0.05) is 61.7 Å². The first kappa shape index (κ1) is 35.8. The Morgan fingerprint density at radius 1 is 1.15 bits per heavy atom. The molecule has 0 unspecified atom stereocenters. The highest BCUT2D eigenvalue weighted by molar-refractivity contribution is 5.98. The zero-order chi connectivity index (χ0) is 34.4. The van der Waals surface area contributed by atoms with Gasteiger partial charge < -0.3 is 34.4 Å². The number of fused-ring (bicyclic) bond motifs is 1. The van der Waals surface area contributed by atoms with Crippen molar-refractivity contribution in [2.24, 2.45) is 11.8 Å². The number of carbonyl (C=O) groups excluding carboxylic acids is 4. The van der Waals surface area contributed by atoms with Gasteiger partial charge in [-0.3, -0.25) is 19.2 Å². The Morgan fingerprint density at radius 3 is 2.52 bits per heavy atom. The first-order valence-corrected chi connectivity index (χ1v) is 17.4. The van der Waals surface area contributed by atoms with Crippen LogP contribution in [0.25, 0.3) is 0 Å². The van der Waals surface area contributed by atoms with Crippen LogP contribution in [0.15, 0.2) is 55.6 Å². The van der Waals surface area contributed by atoms with Crippen LogP contribution < -0.4 is 5.32 Å². The van der Waals surface area contributed by atoms with Gasteiger partial charge in [0.25, 0.3) is 0 Å². The minimum atomic E-state index is -1.23. The van der Waals surface area contributed by atoms with Crippen LogP contribution in [0.3, 0.4) is 0 Å². The lowest BCUT2D eigenvalue weighted by molar-refractivity contribution is -0.163. The molecule has 1 spiro atoms. The quantitative estimate of drug-likeness (QED) is 0.203. The summed E-state index contributed by atoms with van der Waals surface area (Å²) in [7, 11) is 1.51. The molecule has 262 valence electrons. The lowest BCUT2D eigenvalue weighted by atomic mass is 9.70. The predicted molar refractivity (Wildman–Crippen MR) is 178 cm³/mol. The van der Waals surface area contributed by atoms with Crippen molar-refractivity contribution in [2.75, 3.05) is 26.9 Å². The smallest absolute Gasteiger partial charge is 0.313 e. The van der Waals surface area contributed by atoms with E-state index in [1.807, 2.05) is 35.2 Å². The number of allylic oxidation sites excluding steroid dienone is 1. The van der Waals surface area contributed by atoms with Crippen LogP contribution in [-0.2, 0) is 33.4 Å². The molecule has 2 bridgehead atoms. The van der Waals surface area contributed by atoms with Gasteiger partial charge >= 0.3 is 5.97 Å². The van der Waals surface area contributed by atoms with Crippen LogP contribution in [-0.4, -0.2) is 101 Å². The molecule has 4 fully saturated rings. The van der Waals surface area contributed by atoms with E-state index in [0.717, 1.165) is 32.1 Å². The minimum absolute atomic E-state index is 0.0199. The number of hydrogen-bond acceptors (Lipinski definition) is 8. The fourth-order valence-electron chi connectivity index (χ4n) is 8.43. The van der Waals surface area contributed by atoms with Crippen LogP contribution in [0.5, 0.6) is 0 Å². The molecule has 1 saturated carbocycles. The number of aliphatic hydroxyl groups excluding tert-OH is 1. The van der Waals surface area contributed by atoms with E-state index in [0.29, 0.717) is 31.4 Å². The Bertz CT molecular complexity index is 1330. The van der Waals surface area contributed by atoms with Crippen molar-refractivity contribution >= 4 is 23.7 Å². The number of hydrogen-bond donors (Lipinski definition) is 2. The summed E-state index contributed by atoms with van der Waals surface area (Å²) in [5, 5.41) is 13.2. The summed E-state index contributed by atoms with van der Waals surface area (Å²) in [6.45, 7) is 9.36. The third kappa shape index (κ3) is 6.82. The second-order valence-corrected chi connectivity index (χ2v) is 13.6. The van der Waals surface area contributed by atoms with Gasteiger partial charge in [0.1, 0.15) is 17.7 Å². The van der Waals surface area contributed by atoms with Crippen molar-refractivity contribution in [1.82, 2.24) is 15.1 Å². The van der Waals surface area contributed by atoms with Crippen LogP contribution in [0, 0.1) is 11.8 Å². The topological polar surface area (TPSA) is 135 Å². The summed E-state index contributed by atoms with van der Waals surface area (Å²) in [5.74, 6) is -3.40. The average Bonchev–Trinajstić information content (AvgIpc) is 3.76. The normalized spacial score (nSPS) is 28.3. The van der Waals surface area contributed by atoms with Gasteiger partial charge in [-0.2, -0.15) is 0 Å². The van der Waals surface area contributed by atoms with E-state index in [4.69, 9.17) is 14.2 Å². The van der Waals surface area contributed by atoms with Crippen LogP contribution in [0.1, 0.15) is 76.4 Å². The fourth-order valence-corrected chi connectivity index (χ4v) is 8.43. The molecule has 48 heavy (non-hydrogen) atoms. The van der Waals surface area contributed by atoms with Crippen molar-refractivity contribution in [3.05, 3.63) is 61.2 Å². The monoisotopic (exact) mass is 665 g/mol. The van der Waals surface area contributed by atoms with Gasteiger partial charge in [-0.15, -0.1) is 13.2 Å². The van der Waals surface area contributed by atoms with E-state index >= 15 is 0 Å². The van der Waals surface area contributed by atoms with E-state index in [9.17, 15) is 24.3 Å². The van der Waals surface area contributed by atoms with Gasteiger partial charge in [0.15, 0.2) is 0 Å². The van der Waals surface area contributed by atoms with E-state index in [1.165, 1.54) is 12.0 Å². The molecular weight excluding hydrogens is 614 g/mol. The molecule has 0 radical (unpaired) electrons. The van der Waals surface area contributed by atoms with Gasteiger partial charge in [0.2, 0.25) is 17.7 Å². The lowest BCUT2D eigenvalue weighted by Gasteiger charge is -2.41. The predicted octanol–water partition coefficient (Wildman–Crippen LogP) is 3.47. The number of benzene rings is 1. The van der Waals surface area contributed by atoms with E-state index < -0.39 is 53.7 Å². The maximum atomic E-state index is 14.7. The van der Waals surface area contributed by atoms with Crippen LogP contribution >= 0.6 is 0 Å². The number of carbonyl (C=O) groups is 4. The van der Waals surface area contributed by atoms with Crippen molar-refractivity contribution in [2.45, 2.75) is 107 Å². The van der Waals surface area contributed by atoms with Gasteiger partial charge in [0.05, 0.1) is 43.2 Å². The Kier molecular flexibility index (Phi) is 11.8. The molecule has 3 aliphatic heterocycles. The van der Waals surface area contributed by atoms with Crippen LogP contribution in [0.4, 0.5) is 0 Å². The van der Waals surface area contributed by atoms with E-state index in [2.05, 4.69) is 18.5 Å². The van der Waals surface area contributed by atoms with Gasteiger partial charge in [-0.25, -0.2) is 0 Å². The van der Waals surface area contributed by atoms with Crippen LogP contribution in [0.2, 0.25) is 0 Å². The van der Waals surface area contributed by atoms with Crippen molar-refractivity contribution in [3.8, 4) is 0 Å². The van der Waals surface area contributed by atoms with E-state index in [1.54, 1.807) is 19.1 Å². The number of nitrogens with zero attached hydrogens (tertiary/aromatic N) is 2. The fraction of sp³-hybridized carbons (Fsp3) is 0.622. The number of methoxy groups -OCH3 is 1. The molecule has 0 aromatic heterocycles. The largest absolute Gasteiger partial charge is 0.455 e. The van der Waals surface area contributed by atoms with Gasteiger partial charge in [0, 0.05) is 26.1 Å². The Labute approximate surface area is 283 Å². The van der Waals surface area contributed by atoms with Crippen molar-refractivity contribution < 1.29 is 38.5 Å². The molecule has 3 saturated heterocycles. The van der Waals surface area contributed by atoms with Gasteiger partial charge in [-0.05, 0) is 44.6 Å². The first-order chi connectivity index (χ1) is 23.2. The standard InChI is InChI=1S/C37H51N3O8/c1-5-7-18-29(42)38-27(23-46-4)32(25-14-10-8-11-15-25)47-36(45)30-28-19-20-37(48-28)31(30)34(43)40(24(3)22-41)33(37)35(44)39(21-6-2)26-16-12-9-13-17-26/h5-6,8,10-11,14-15,24,26-28,30-33,41H,1-2,7,9,12-13,16-23H2,3-4H3,(H,38,42)/t24-,27-,28-,30+,31+,32-,33-,37+/m1/s1. The summed E-state index contributed by atoms with van der Waals surface area (Å²) in [5.41, 5.74) is -0.572. The second kappa shape index (κ2) is 15.8. The Hall–Kier alpha value is -3.54. The number of ether oxygens (including phenoxy) is 3. The summed E-state index contributed by atoms with van der Waals surface area (Å²) in [4.78, 5) is 59.6. The molecule has 11 nitrogen and oxygen atoms in total. The SMILES string of the molecule is C=CCCC(=O)N[C@H](COC)[C@H](OC(=O)[C@@H]1[C@H]2C(=O)N([C@H](C)CO)[C@H](C(=O)N(CC=C)C3CCCCC3)[C@]23CC[C@H]1O3)c1ccccc1. The molecule has 1 aromatic carbocycles. The summed E-state index contributed by atoms with van der Waals surface area (Å²) in [6.07, 6.45) is 8.37. The highest BCUT2D eigenvalue weighted by atomic mass is 16.6. The zero-order valence-corrected chi connectivity index (χ0v) is 28.3. The van der Waals surface area contributed by atoms with Crippen molar-refractivity contribution in [3.63, 3.8) is 0 Å². The molecule has 2 N–H and O–H groups in total. The summed E-state index contributed by atoms with van der Waals surface area (Å²) >= 11 is 0. The molecule has 8 atom stereocenters. The number of aliphatic hydroxyl groups is 1.